The number of imide groups is 1. The maximum Gasteiger partial charge on any atom is 0.233 e. The first-order valence-corrected chi connectivity index (χ1v) is 10.7. The molecule has 1 saturated heterocycles. The molecule has 4 aliphatic rings. The van der Waals surface area contributed by atoms with E-state index in [0.29, 0.717) is 19.1 Å². The third kappa shape index (κ3) is 3.56. The molecule has 1 aliphatic heterocycles. The van der Waals surface area contributed by atoms with Crippen LogP contribution in [0.4, 0.5) is 0 Å². The molecule has 154 valence electrons. The van der Waals surface area contributed by atoms with Crippen LogP contribution in [-0.2, 0) is 9.59 Å². The number of hydrogen-bond acceptors (Lipinski definition) is 4. The van der Waals surface area contributed by atoms with Crippen LogP contribution in [0.3, 0.4) is 0 Å². The second-order valence-electron chi connectivity index (χ2n) is 8.82. The van der Waals surface area contributed by atoms with Gasteiger partial charge < -0.3 is 10.6 Å². The highest BCUT2D eigenvalue weighted by Crippen LogP contribution is 2.52. The minimum atomic E-state index is -0.107. The summed E-state index contributed by atoms with van der Waals surface area (Å²) in [5, 5.41) is 6.60. The molecule has 4 rings (SSSR count). The molecule has 0 aromatic heterocycles. The van der Waals surface area contributed by atoms with Crippen LogP contribution in [0.5, 0.6) is 0 Å². The Bertz CT molecular complexity index is 652. The van der Waals surface area contributed by atoms with Crippen LogP contribution >= 0.6 is 0 Å². The molecule has 1 heterocycles. The van der Waals surface area contributed by atoms with Crippen molar-refractivity contribution in [3.8, 4) is 0 Å². The van der Waals surface area contributed by atoms with Gasteiger partial charge in [-0.25, -0.2) is 0 Å². The number of rotatable bonds is 8. The number of fused-ring (bicyclic) bond motifs is 5. The number of guanidine groups is 1. The van der Waals surface area contributed by atoms with Crippen molar-refractivity contribution < 1.29 is 9.59 Å². The van der Waals surface area contributed by atoms with Crippen LogP contribution in [0, 0.1) is 23.7 Å². The number of likely N-dealkylation sites (tertiary alicyclic amines) is 1. The molecule has 0 spiro atoms. The fourth-order valence-electron chi connectivity index (χ4n) is 5.26. The predicted octanol–water partition coefficient (Wildman–Crippen LogP) is 0.831. The number of hydrogen-bond donors (Lipinski definition) is 2. The summed E-state index contributed by atoms with van der Waals surface area (Å²) in [6.07, 6.45) is 7.85. The van der Waals surface area contributed by atoms with Gasteiger partial charge in [0.25, 0.3) is 0 Å². The zero-order valence-electron chi connectivity index (χ0n) is 17.2. The van der Waals surface area contributed by atoms with Gasteiger partial charge in [-0.1, -0.05) is 12.2 Å². The van der Waals surface area contributed by atoms with E-state index in [1.165, 1.54) is 17.7 Å². The maximum absolute atomic E-state index is 12.7. The Morgan fingerprint density at radius 1 is 1.14 bits per heavy atom. The van der Waals surface area contributed by atoms with Crippen molar-refractivity contribution in [2.75, 3.05) is 33.2 Å². The van der Waals surface area contributed by atoms with Crippen LogP contribution in [0.15, 0.2) is 17.1 Å². The second-order valence-corrected chi connectivity index (χ2v) is 8.82. The van der Waals surface area contributed by atoms with E-state index >= 15 is 0 Å². The molecule has 7 nitrogen and oxygen atoms in total. The minimum absolute atomic E-state index is 0.0219. The van der Waals surface area contributed by atoms with E-state index in [9.17, 15) is 9.59 Å². The minimum Gasteiger partial charge on any atom is -0.355 e. The summed E-state index contributed by atoms with van der Waals surface area (Å²) in [7, 11) is 1.75. The third-order valence-corrected chi connectivity index (χ3v) is 6.75. The molecule has 0 aromatic rings. The Balaban J connectivity index is 1.21. The van der Waals surface area contributed by atoms with E-state index in [1.54, 1.807) is 7.05 Å². The number of carbonyl (C=O) groups excluding carboxylic acids is 2. The van der Waals surface area contributed by atoms with E-state index in [1.807, 2.05) is 0 Å². The van der Waals surface area contributed by atoms with E-state index in [2.05, 4.69) is 46.5 Å². The number of carbonyl (C=O) groups is 2. The number of aliphatic imine (C=N–C) groups is 1. The van der Waals surface area contributed by atoms with Crippen LogP contribution < -0.4 is 10.6 Å². The Kier molecular flexibility index (Phi) is 5.45. The molecular formula is C21H33N5O2. The average Bonchev–Trinajstić information content (AvgIpc) is 3.21. The van der Waals surface area contributed by atoms with Crippen LogP contribution in [0.1, 0.15) is 33.1 Å². The summed E-state index contributed by atoms with van der Waals surface area (Å²) < 4.78 is 0. The lowest BCUT2D eigenvalue weighted by Crippen LogP contribution is -2.46. The highest BCUT2D eigenvalue weighted by Gasteiger charge is 2.58. The van der Waals surface area contributed by atoms with Crippen molar-refractivity contribution in [3.05, 3.63) is 12.2 Å². The zero-order valence-corrected chi connectivity index (χ0v) is 17.2. The Hall–Kier alpha value is -1.89. The van der Waals surface area contributed by atoms with E-state index in [0.717, 1.165) is 31.5 Å². The van der Waals surface area contributed by atoms with Gasteiger partial charge in [-0.15, -0.1) is 0 Å². The molecular weight excluding hydrogens is 354 g/mol. The first-order chi connectivity index (χ1) is 13.5. The molecule has 2 saturated carbocycles. The molecule has 7 heteroatoms. The first-order valence-electron chi connectivity index (χ1n) is 10.7. The van der Waals surface area contributed by atoms with Gasteiger partial charge in [0, 0.05) is 45.3 Å². The van der Waals surface area contributed by atoms with Gasteiger partial charge in [-0.05, 0) is 44.9 Å². The zero-order chi connectivity index (χ0) is 19.8. The van der Waals surface area contributed by atoms with Crippen molar-refractivity contribution in [1.82, 2.24) is 20.4 Å². The van der Waals surface area contributed by atoms with Gasteiger partial charge >= 0.3 is 0 Å². The van der Waals surface area contributed by atoms with Gasteiger partial charge in [0.05, 0.1) is 11.8 Å². The van der Waals surface area contributed by atoms with Gasteiger partial charge in [0.2, 0.25) is 11.8 Å². The average molecular weight is 388 g/mol. The molecule has 4 unspecified atom stereocenters. The lowest BCUT2D eigenvalue weighted by molar-refractivity contribution is -0.140. The first kappa shape index (κ1) is 19.4. The van der Waals surface area contributed by atoms with E-state index in [4.69, 9.17) is 0 Å². The predicted molar refractivity (Wildman–Crippen MR) is 109 cm³/mol. The highest BCUT2D eigenvalue weighted by molar-refractivity contribution is 6.06. The SMILES string of the molecule is CN=C(NCCN1C(=O)C2C3C=CC(C3)C2C1=O)NCCN(C(C)C)C1CC1. The van der Waals surface area contributed by atoms with Gasteiger partial charge in [-0.2, -0.15) is 0 Å². The summed E-state index contributed by atoms with van der Waals surface area (Å²) >= 11 is 0. The smallest absolute Gasteiger partial charge is 0.233 e. The molecule has 0 radical (unpaired) electrons. The van der Waals surface area contributed by atoms with E-state index < -0.39 is 0 Å². The van der Waals surface area contributed by atoms with Crippen molar-refractivity contribution in [3.63, 3.8) is 0 Å². The van der Waals surface area contributed by atoms with Gasteiger partial charge in [0.15, 0.2) is 5.96 Å². The molecule has 2 N–H and O–H groups in total. The Morgan fingerprint density at radius 2 is 1.75 bits per heavy atom. The topological polar surface area (TPSA) is 77.0 Å². The lowest BCUT2D eigenvalue weighted by atomic mass is 9.85. The van der Waals surface area contributed by atoms with Crippen LogP contribution in [0.2, 0.25) is 0 Å². The maximum atomic E-state index is 12.7. The molecule has 2 amide bonds. The molecule has 3 fully saturated rings. The van der Waals surface area contributed by atoms with Gasteiger partial charge in [-0.3, -0.25) is 24.4 Å². The molecule has 0 aromatic carbocycles. The fraction of sp³-hybridized carbons (Fsp3) is 0.762. The molecule has 2 bridgehead atoms. The quantitative estimate of drug-likeness (QED) is 0.279. The lowest BCUT2D eigenvalue weighted by Gasteiger charge is -2.26. The summed E-state index contributed by atoms with van der Waals surface area (Å²) in [6, 6.07) is 1.30. The summed E-state index contributed by atoms with van der Waals surface area (Å²) in [4.78, 5) is 33.7. The normalized spacial score (nSPS) is 31.5. The molecule has 28 heavy (non-hydrogen) atoms. The van der Waals surface area contributed by atoms with Crippen molar-refractivity contribution in [2.24, 2.45) is 28.7 Å². The Morgan fingerprint density at radius 3 is 2.29 bits per heavy atom. The highest BCUT2D eigenvalue weighted by atomic mass is 16.2. The van der Waals surface area contributed by atoms with Crippen molar-refractivity contribution >= 4 is 17.8 Å². The Labute approximate surface area is 167 Å². The monoisotopic (exact) mass is 387 g/mol. The molecule has 4 atom stereocenters. The van der Waals surface area contributed by atoms with Crippen molar-refractivity contribution in [2.45, 2.75) is 45.2 Å². The van der Waals surface area contributed by atoms with Crippen LogP contribution in [-0.4, -0.2) is 72.9 Å². The number of amides is 2. The second kappa shape index (κ2) is 7.85. The number of allylic oxidation sites excluding steroid dienone is 2. The van der Waals surface area contributed by atoms with Crippen LogP contribution in [0.25, 0.3) is 0 Å². The molecule has 3 aliphatic carbocycles. The number of nitrogens with one attached hydrogen (secondary N) is 2. The van der Waals surface area contributed by atoms with Crippen molar-refractivity contribution in [1.29, 1.82) is 0 Å². The third-order valence-electron chi connectivity index (χ3n) is 6.75. The van der Waals surface area contributed by atoms with E-state index in [-0.39, 0.29) is 35.5 Å². The fourth-order valence-corrected chi connectivity index (χ4v) is 5.26. The summed E-state index contributed by atoms with van der Waals surface area (Å²) in [6.45, 7) is 7.24. The van der Waals surface area contributed by atoms with Gasteiger partial charge in [0.1, 0.15) is 0 Å². The standard InChI is InChI=1S/C21H33N5O2/c1-13(2)25(16-6-7-16)10-8-23-21(22-3)24-9-11-26-19(27)17-14-4-5-15(12-14)18(17)20(26)28/h4-5,13-18H,6-12H2,1-3H3,(H2,22,23,24). The summed E-state index contributed by atoms with van der Waals surface area (Å²) in [5.74, 6) is 1.10. The largest absolute Gasteiger partial charge is 0.355 e. The summed E-state index contributed by atoms with van der Waals surface area (Å²) in [5.41, 5.74) is 0. The number of nitrogens with zero attached hydrogens (tertiary/aromatic N) is 3.